The van der Waals surface area contributed by atoms with E-state index in [1.165, 1.54) is 56.9 Å². The van der Waals surface area contributed by atoms with Gasteiger partial charge in [0.15, 0.2) is 0 Å². The largest absolute Gasteiger partial charge is 0.491 e. The van der Waals surface area contributed by atoms with Crippen LogP contribution in [0, 0.1) is 0 Å². The number of allylic oxidation sites excluding steroid dienone is 4. The van der Waals surface area contributed by atoms with E-state index in [0.717, 1.165) is 25.2 Å². The third kappa shape index (κ3) is 10.5. The van der Waals surface area contributed by atoms with E-state index in [-0.39, 0.29) is 0 Å². The molecule has 26 heavy (non-hydrogen) atoms. The molecule has 0 spiro atoms. The van der Waals surface area contributed by atoms with Gasteiger partial charge in [0.05, 0.1) is 6.61 Å². The van der Waals surface area contributed by atoms with Crippen LogP contribution in [0.2, 0.25) is 0 Å². The number of epoxide rings is 1. The van der Waals surface area contributed by atoms with E-state index >= 15 is 0 Å². The number of ether oxygens (including phenoxy) is 2. The summed E-state index contributed by atoms with van der Waals surface area (Å²) < 4.78 is 10.9. The molecule has 1 aliphatic rings. The number of rotatable bonds is 15. The molecule has 1 saturated heterocycles. The Morgan fingerprint density at radius 1 is 1.00 bits per heavy atom. The van der Waals surface area contributed by atoms with Crippen LogP contribution in [-0.2, 0) is 11.2 Å². The van der Waals surface area contributed by atoms with Crippen LogP contribution < -0.4 is 4.74 Å². The summed E-state index contributed by atoms with van der Waals surface area (Å²) in [7, 11) is 0. The molecule has 1 atom stereocenters. The molecule has 0 aliphatic carbocycles. The molecule has 0 N–H and O–H groups in total. The normalized spacial score (nSPS) is 16.6. The van der Waals surface area contributed by atoms with Crippen molar-refractivity contribution in [3.63, 3.8) is 0 Å². The van der Waals surface area contributed by atoms with Crippen LogP contribution in [-0.4, -0.2) is 19.3 Å². The highest BCUT2D eigenvalue weighted by molar-refractivity contribution is 5.28. The molecule has 0 radical (unpaired) electrons. The fraction of sp³-hybridized carbons (Fsp3) is 0.583. The number of unbranched alkanes of at least 4 members (excludes halogenated alkanes) is 6. The van der Waals surface area contributed by atoms with Crippen LogP contribution in [0.5, 0.6) is 5.75 Å². The van der Waals surface area contributed by atoms with Crippen molar-refractivity contribution in [3.8, 4) is 5.75 Å². The third-order valence-corrected chi connectivity index (χ3v) is 4.63. The summed E-state index contributed by atoms with van der Waals surface area (Å²) in [6.45, 7) is 3.76. The molecular weight excluding hydrogens is 320 g/mol. The summed E-state index contributed by atoms with van der Waals surface area (Å²) in [5.41, 5.74) is 1.39. The zero-order valence-corrected chi connectivity index (χ0v) is 16.5. The average Bonchev–Trinajstić information content (AvgIpc) is 3.49. The quantitative estimate of drug-likeness (QED) is 0.199. The lowest BCUT2D eigenvalue weighted by molar-refractivity contribution is 0.263. The first kappa shape index (κ1) is 20.8. The highest BCUT2D eigenvalue weighted by atomic mass is 16.6. The highest BCUT2D eigenvalue weighted by Gasteiger charge is 2.22. The summed E-state index contributed by atoms with van der Waals surface area (Å²) in [5.74, 6) is 0.981. The second-order valence-corrected chi connectivity index (χ2v) is 7.19. The zero-order valence-electron chi connectivity index (χ0n) is 16.5. The van der Waals surface area contributed by atoms with Gasteiger partial charge in [-0.05, 0) is 56.2 Å². The monoisotopic (exact) mass is 356 g/mol. The number of hydrogen-bond donors (Lipinski definition) is 0. The maximum Gasteiger partial charge on any atom is 0.119 e. The maximum absolute atomic E-state index is 5.75. The lowest BCUT2D eigenvalue weighted by atomic mass is 10.0. The molecule has 1 fully saturated rings. The Morgan fingerprint density at radius 2 is 1.77 bits per heavy atom. The maximum atomic E-state index is 5.75. The van der Waals surface area contributed by atoms with Gasteiger partial charge in [0.25, 0.3) is 0 Å². The fourth-order valence-electron chi connectivity index (χ4n) is 2.94. The minimum absolute atomic E-state index is 0.325. The Balaban J connectivity index is 1.44. The van der Waals surface area contributed by atoms with Crippen LogP contribution in [0.25, 0.3) is 0 Å². The molecule has 144 valence electrons. The van der Waals surface area contributed by atoms with Crippen molar-refractivity contribution in [3.05, 3.63) is 54.1 Å². The molecule has 0 aromatic heterocycles. The Hall–Kier alpha value is -1.54. The van der Waals surface area contributed by atoms with Crippen LogP contribution in [0.4, 0.5) is 0 Å². The van der Waals surface area contributed by atoms with Gasteiger partial charge in [0.1, 0.15) is 18.5 Å². The predicted octanol–water partition coefficient (Wildman–Crippen LogP) is 6.65. The van der Waals surface area contributed by atoms with E-state index in [9.17, 15) is 0 Å². The lowest BCUT2D eigenvalue weighted by Crippen LogP contribution is -2.04. The van der Waals surface area contributed by atoms with Gasteiger partial charge < -0.3 is 9.47 Å². The van der Waals surface area contributed by atoms with Gasteiger partial charge in [0, 0.05) is 0 Å². The van der Waals surface area contributed by atoms with E-state index < -0.39 is 0 Å². The van der Waals surface area contributed by atoms with Gasteiger partial charge in [0.2, 0.25) is 0 Å². The molecule has 0 amide bonds. The lowest BCUT2D eigenvalue weighted by Gasteiger charge is -2.07. The molecular formula is C24H36O2. The first-order valence-corrected chi connectivity index (χ1v) is 10.5. The van der Waals surface area contributed by atoms with Crippen molar-refractivity contribution in [2.75, 3.05) is 13.2 Å². The van der Waals surface area contributed by atoms with Crippen molar-refractivity contribution in [1.82, 2.24) is 0 Å². The Labute approximate surface area is 160 Å². The predicted molar refractivity (Wildman–Crippen MR) is 111 cm³/mol. The number of aryl methyl sites for hydroxylation is 1. The number of hydrogen-bond acceptors (Lipinski definition) is 2. The molecule has 2 heteroatoms. The average molecular weight is 357 g/mol. The van der Waals surface area contributed by atoms with Crippen LogP contribution in [0.3, 0.4) is 0 Å². The summed E-state index contributed by atoms with van der Waals surface area (Å²) in [6, 6.07) is 8.53. The molecule has 0 bridgehead atoms. The third-order valence-electron chi connectivity index (χ3n) is 4.63. The fourth-order valence-corrected chi connectivity index (χ4v) is 2.94. The van der Waals surface area contributed by atoms with Crippen LogP contribution in [0.15, 0.2) is 48.6 Å². The summed E-state index contributed by atoms with van der Waals surface area (Å²) >= 11 is 0. The molecule has 1 aromatic rings. The van der Waals surface area contributed by atoms with Gasteiger partial charge in [-0.1, -0.05) is 69.0 Å². The van der Waals surface area contributed by atoms with Crippen LogP contribution in [0.1, 0.15) is 70.3 Å². The topological polar surface area (TPSA) is 21.8 Å². The zero-order chi connectivity index (χ0) is 18.3. The minimum Gasteiger partial charge on any atom is -0.491 e. The van der Waals surface area contributed by atoms with Crippen molar-refractivity contribution in [2.24, 2.45) is 0 Å². The standard InChI is InChI=1S/C24H36O2/c1-2-3-4-5-6-7-8-9-10-11-12-13-14-16-22-17-15-18-23(19-22)25-20-24-21-26-24/h4-5,7-8,15,17-19,24H,2-3,6,9-14,16,20-21H2,1H3. The smallest absolute Gasteiger partial charge is 0.119 e. The van der Waals surface area contributed by atoms with Gasteiger partial charge >= 0.3 is 0 Å². The SMILES string of the molecule is CCCC=CCC=CCCCCCCCc1cccc(OCC2CO2)c1. The first-order valence-electron chi connectivity index (χ1n) is 10.5. The van der Waals surface area contributed by atoms with Crippen LogP contribution >= 0.6 is 0 Å². The molecule has 1 heterocycles. The molecule has 1 unspecified atom stereocenters. The Morgan fingerprint density at radius 3 is 2.58 bits per heavy atom. The molecule has 0 saturated carbocycles. The minimum atomic E-state index is 0.325. The summed E-state index contributed by atoms with van der Waals surface area (Å²) in [4.78, 5) is 0. The van der Waals surface area contributed by atoms with E-state index in [4.69, 9.17) is 9.47 Å². The van der Waals surface area contributed by atoms with E-state index in [1.807, 2.05) is 6.07 Å². The highest BCUT2D eigenvalue weighted by Crippen LogP contribution is 2.18. The van der Waals surface area contributed by atoms with Gasteiger partial charge in [-0.3, -0.25) is 0 Å². The summed E-state index contributed by atoms with van der Waals surface area (Å²) in [5, 5.41) is 0. The van der Waals surface area contributed by atoms with Crippen molar-refractivity contribution < 1.29 is 9.47 Å². The molecule has 1 aromatic carbocycles. The molecule has 2 rings (SSSR count). The Kier molecular flexibility index (Phi) is 10.9. The van der Waals surface area contributed by atoms with E-state index in [1.54, 1.807) is 0 Å². The van der Waals surface area contributed by atoms with E-state index in [2.05, 4.69) is 49.4 Å². The first-order chi connectivity index (χ1) is 12.9. The Bertz CT molecular complexity index is 529. The van der Waals surface area contributed by atoms with Gasteiger partial charge in [-0.15, -0.1) is 0 Å². The van der Waals surface area contributed by atoms with Crippen molar-refractivity contribution >= 4 is 0 Å². The van der Waals surface area contributed by atoms with Gasteiger partial charge in [-0.2, -0.15) is 0 Å². The van der Waals surface area contributed by atoms with Gasteiger partial charge in [-0.25, -0.2) is 0 Å². The summed E-state index contributed by atoms with van der Waals surface area (Å²) in [6.07, 6.45) is 22.1. The molecule has 1 aliphatic heterocycles. The number of benzene rings is 1. The van der Waals surface area contributed by atoms with Crippen molar-refractivity contribution in [2.45, 2.75) is 77.2 Å². The second kappa shape index (κ2) is 13.6. The molecule has 2 nitrogen and oxygen atoms in total. The van der Waals surface area contributed by atoms with E-state index in [0.29, 0.717) is 12.7 Å². The second-order valence-electron chi connectivity index (χ2n) is 7.19. The van der Waals surface area contributed by atoms with Crippen molar-refractivity contribution in [1.29, 1.82) is 0 Å².